The quantitative estimate of drug-likeness (QED) is 0.177. The minimum absolute atomic E-state index is 0.912. The Labute approximate surface area is 392 Å². The zero-order valence-corrected chi connectivity index (χ0v) is 38.1. The van der Waals surface area contributed by atoms with Crippen LogP contribution in [0.5, 0.6) is 0 Å². The van der Waals surface area contributed by atoms with Crippen LogP contribution in [0, 0.1) is 27.7 Å². The third-order valence-corrected chi connectivity index (χ3v) is 13.6. The monoisotopic (exact) mass is 876 g/mol. The lowest BCUT2D eigenvalue weighted by Gasteiger charge is -2.09. The van der Waals surface area contributed by atoms with E-state index in [-0.39, 0.29) is 0 Å². The van der Waals surface area contributed by atoms with Crippen molar-refractivity contribution in [3.63, 3.8) is 0 Å². The number of benzene rings is 10. The number of para-hydroxylation sites is 2. The molecule has 4 heterocycles. The second-order valence-corrected chi connectivity index (χ2v) is 18.3. The highest BCUT2D eigenvalue weighted by atomic mass is 16.3. The molecule has 14 rings (SSSR count). The van der Waals surface area contributed by atoms with E-state index >= 15 is 0 Å². The first kappa shape index (κ1) is 39.7. The van der Waals surface area contributed by atoms with Crippen molar-refractivity contribution in [1.82, 2.24) is 0 Å². The van der Waals surface area contributed by atoms with E-state index in [1.54, 1.807) is 0 Å². The molecular formula is C64H44O4. The maximum atomic E-state index is 6.38. The molecule has 0 bridgehead atoms. The minimum atomic E-state index is 0.912. The van der Waals surface area contributed by atoms with Crippen molar-refractivity contribution in [2.75, 3.05) is 0 Å². The summed E-state index contributed by atoms with van der Waals surface area (Å²) >= 11 is 0. The lowest BCUT2D eigenvalue weighted by atomic mass is 9.94. The van der Waals surface area contributed by atoms with Gasteiger partial charge < -0.3 is 17.7 Å². The number of furan rings is 4. The van der Waals surface area contributed by atoms with Crippen molar-refractivity contribution < 1.29 is 17.7 Å². The largest absolute Gasteiger partial charge is 0.456 e. The molecule has 0 atom stereocenters. The maximum Gasteiger partial charge on any atom is 0.143 e. The molecule has 4 nitrogen and oxygen atoms in total. The molecule has 0 unspecified atom stereocenters. The molecule has 4 heteroatoms. The molecule has 0 N–H and O–H groups in total. The molecule has 0 saturated heterocycles. The van der Waals surface area contributed by atoms with Crippen LogP contribution < -0.4 is 0 Å². The minimum Gasteiger partial charge on any atom is -0.456 e. The average molecular weight is 877 g/mol. The zero-order chi connectivity index (χ0) is 45.6. The van der Waals surface area contributed by atoms with Crippen LogP contribution in [0.25, 0.3) is 132 Å². The summed E-state index contributed by atoms with van der Waals surface area (Å²) < 4.78 is 24.7. The van der Waals surface area contributed by atoms with Crippen LogP contribution in [-0.2, 0) is 0 Å². The number of aryl methyl sites for hydroxylation is 4. The summed E-state index contributed by atoms with van der Waals surface area (Å²) in [5.41, 5.74) is 21.7. The Hall–Kier alpha value is -8.60. The molecule has 0 spiro atoms. The number of hydrogen-bond acceptors (Lipinski definition) is 4. The van der Waals surface area contributed by atoms with Gasteiger partial charge in [-0.05, 0) is 157 Å². The Morgan fingerprint density at radius 1 is 0.235 bits per heavy atom. The van der Waals surface area contributed by atoms with Crippen LogP contribution in [0.3, 0.4) is 0 Å². The van der Waals surface area contributed by atoms with Crippen molar-refractivity contribution in [2.24, 2.45) is 0 Å². The van der Waals surface area contributed by atoms with Gasteiger partial charge in [0.05, 0.1) is 0 Å². The van der Waals surface area contributed by atoms with Crippen molar-refractivity contribution in [3.8, 4) is 44.5 Å². The number of hydrogen-bond donors (Lipinski definition) is 0. The number of rotatable bonds is 4. The summed E-state index contributed by atoms with van der Waals surface area (Å²) in [4.78, 5) is 0. The van der Waals surface area contributed by atoms with Gasteiger partial charge in [-0.15, -0.1) is 0 Å². The molecule has 0 aliphatic rings. The smallest absolute Gasteiger partial charge is 0.143 e. The first-order valence-corrected chi connectivity index (χ1v) is 23.2. The predicted octanol–water partition coefficient (Wildman–Crippen LogP) is 18.9. The highest BCUT2D eigenvalue weighted by Crippen LogP contribution is 2.42. The van der Waals surface area contributed by atoms with Crippen LogP contribution in [0.15, 0.2) is 212 Å². The van der Waals surface area contributed by atoms with Gasteiger partial charge in [0.15, 0.2) is 0 Å². The van der Waals surface area contributed by atoms with E-state index < -0.39 is 0 Å². The van der Waals surface area contributed by atoms with E-state index in [0.717, 1.165) is 99.2 Å². The van der Waals surface area contributed by atoms with Gasteiger partial charge in [0.2, 0.25) is 0 Å². The van der Waals surface area contributed by atoms with Gasteiger partial charge in [0, 0.05) is 48.7 Å². The average Bonchev–Trinajstić information content (AvgIpc) is 4.14. The lowest BCUT2D eigenvalue weighted by molar-refractivity contribution is 0.666. The van der Waals surface area contributed by atoms with Gasteiger partial charge in [-0.3, -0.25) is 0 Å². The summed E-state index contributed by atoms with van der Waals surface area (Å²) in [6, 6.07) is 68.7. The Morgan fingerprint density at radius 3 is 1.32 bits per heavy atom. The predicted molar refractivity (Wildman–Crippen MR) is 283 cm³/mol. The first-order valence-electron chi connectivity index (χ1n) is 23.2. The molecule has 0 fully saturated rings. The highest BCUT2D eigenvalue weighted by molar-refractivity contribution is 6.13. The Balaban J connectivity index is 0.000000134. The lowest BCUT2D eigenvalue weighted by Crippen LogP contribution is -1.85. The third-order valence-electron chi connectivity index (χ3n) is 13.6. The molecule has 0 amide bonds. The normalized spacial score (nSPS) is 11.8. The topological polar surface area (TPSA) is 52.6 Å². The van der Waals surface area contributed by atoms with Crippen LogP contribution >= 0.6 is 0 Å². The molecule has 0 aliphatic carbocycles. The molecule has 0 radical (unpaired) electrons. The first-order chi connectivity index (χ1) is 33.3. The highest BCUT2D eigenvalue weighted by Gasteiger charge is 2.17. The molecule has 68 heavy (non-hydrogen) atoms. The van der Waals surface area contributed by atoms with Gasteiger partial charge in [-0.2, -0.15) is 0 Å². The fourth-order valence-corrected chi connectivity index (χ4v) is 10.2. The summed E-state index contributed by atoms with van der Waals surface area (Å²) in [7, 11) is 0. The molecule has 14 aromatic rings. The van der Waals surface area contributed by atoms with E-state index in [0.29, 0.717) is 0 Å². The van der Waals surface area contributed by atoms with E-state index in [2.05, 4.69) is 210 Å². The van der Waals surface area contributed by atoms with Crippen LogP contribution in [0.4, 0.5) is 0 Å². The maximum absolute atomic E-state index is 6.38. The van der Waals surface area contributed by atoms with Gasteiger partial charge in [0.25, 0.3) is 0 Å². The second-order valence-electron chi connectivity index (χ2n) is 18.3. The molecule has 10 aromatic carbocycles. The fourth-order valence-electron chi connectivity index (χ4n) is 10.2. The summed E-state index contributed by atoms with van der Waals surface area (Å²) in [6.07, 6.45) is 0. The van der Waals surface area contributed by atoms with Gasteiger partial charge in [-0.1, -0.05) is 126 Å². The molecule has 324 valence electrons. The van der Waals surface area contributed by atoms with E-state index in [4.69, 9.17) is 17.7 Å². The molecular weight excluding hydrogens is 833 g/mol. The van der Waals surface area contributed by atoms with Crippen molar-refractivity contribution in [1.29, 1.82) is 0 Å². The van der Waals surface area contributed by atoms with Crippen molar-refractivity contribution >= 4 is 87.8 Å². The SMILES string of the molecule is Cc1ccc2oc3ccc(-c4cccc(-c5ccc6oc7c(C)cccc7c6c5)c4)cc3c2c1.Cc1cccc(-c2cc(-c3ccc4oc5ccc(C)cc5c4c3)cc3c2oc2ccccc23)c1. The zero-order valence-electron chi connectivity index (χ0n) is 38.1. The summed E-state index contributed by atoms with van der Waals surface area (Å²) in [6.45, 7) is 8.46. The summed E-state index contributed by atoms with van der Waals surface area (Å²) in [5.74, 6) is 0. The van der Waals surface area contributed by atoms with E-state index in [9.17, 15) is 0 Å². The Kier molecular flexibility index (Phi) is 9.06. The number of fused-ring (bicyclic) bond motifs is 12. The molecule has 0 aliphatic heterocycles. The Bertz CT molecular complexity index is 4290. The third kappa shape index (κ3) is 6.67. The van der Waals surface area contributed by atoms with Crippen LogP contribution in [0.1, 0.15) is 22.3 Å². The van der Waals surface area contributed by atoms with Crippen molar-refractivity contribution in [2.45, 2.75) is 27.7 Å². The van der Waals surface area contributed by atoms with E-state index in [1.165, 1.54) is 55.3 Å². The fraction of sp³-hybridized carbons (Fsp3) is 0.0625. The molecule has 4 aromatic heterocycles. The standard InChI is InChI=1S/2C32H22O2/c1-19-9-12-29-26(15-19)28-18-24(10-13-30(28)33-29)22-7-4-6-21(16-22)23-11-14-31-27(17-23)25-8-3-5-20(2)32(25)34-31;1-19-6-5-7-22(14-19)25-17-23(18-28-24-8-3-4-9-29(24)34-32(25)28)21-11-13-31-27(16-21)26-15-20(2)10-12-30(26)33-31/h2*3-18H,1-2H3. The van der Waals surface area contributed by atoms with Crippen molar-refractivity contribution in [3.05, 3.63) is 216 Å². The van der Waals surface area contributed by atoms with Gasteiger partial charge >= 0.3 is 0 Å². The second kappa shape index (κ2) is 15.5. The van der Waals surface area contributed by atoms with E-state index in [1.807, 2.05) is 12.1 Å². The molecule has 0 saturated carbocycles. The van der Waals surface area contributed by atoms with Crippen LogP contribution in [-0.4, -0.2) is 0 Å². The van der Waals surface area contributed by atoms with Gasteiger partial charge in [-0.25, -0.2) is 0 Å². The van der Waals surface area contributed by atoms with Gasteiger partial charge in [0.1, 0.15) is 44.7 Å². The summed E-state index contributed by atoms with van der Waals surface area (Å²) in [5, 5.41) is 9.22. The Morgan fingerprint density at radius 2 is 0.676 bits per heavy atom. The van der Waals surface area contributed by atoms with Crippen LogP contribution in [0.2, 0.25) is 0 Å².